The number of anilines is 1. The average molecular weight is 340 g/mol. The Morgan fingerprint density at radius 2 is 2.05 bits per heavy atom. The molecular weight excluding hydrogens is 328 g/mol. The predicted molar refractivity (Wildman–Crippen MR) is 80.8 cm³/mol. The van der Waals surface area contributed by atoms with Crippen LogP contribution >= 0.6 is 27.5 Å². The molecule has 19 heavy (non-hydrogen) atoms. The molecule has 0 unspecified atom stereocenters. The summed E-state index contributed by atoms with van der Waals surface area (Å²) in [5.41, 5.74) is 3.09. The first kappa shape index (κ1) is 14.0. The molecule has 2 rings (SSSR count). The van der Waals surface area contributed by atoms with Crippen LogP contribution in [0.15, 0.2) is 34.9 Å². The summed E-state index contributed by atoms with van der Waals surface area (Å²) in [7, 11) is 0. The van der Waals surface area contributed by atoms with Crippen molar-refractivity contribution in [2.24, 2.45) is 0 Å². The van der Waals surface area contributed by atoms with E-state index in [4.69, 9.17) is 11.6 Å². The molecule has 0 atom stereocenters. The fourth-order valence-corrected chi connectivity index (χ4v) is 2.10. The van der Waals surface area contributed by atoms with Gasteiger partial charge in [0, 0.05) is 16.2 Å². The molecule has 2 aromatic rings. The van der Waals surface area contributed by atoms with Crippen LogP contribution in [0.5, 0.6) is 0 Å². The van der Waals surface area contributed by atoms with Gasteiger partial charge in [0.15, 0.2) is 5.15 Å². The number of aryl methyl sites for hydroxylation is 2. The lowest BCUT2D eigenvalue weighted by Gasteiger charge is -2.08. The van der Waals surface area contributed by atoms with Crippen LogP contribution < -0.4 is 5.32 Å². The molecule has 0 spiro atoms. The molecule has 0 radical (unpaired) electrons. The average Bonchev–Trinajstić information content (AvgIpc) is 2.37. The lowest BCUT2D eigenvalue weighted by molar-refractivity contribution is 0.102. The van der Waals surface area contributed by atoms with Gasteiger partial charge in [0.1, 0.15) is 0 Å². The molecule has 1 amide bonds. The fraction of sp³-hybridized carbons (Fsp3) is 0.143. The summed E-state index contributed by atoms with van der Waals surface area (Å²) in [5.74, 6) is -0.213. The third-order valence-electron chi connectivity index (χ3n) is 2.66. The van der Waals surface area contributed by atoms with Gasteiger partial charge in [0.2, 0.25) is 0 Å². The van der Waals surface area contributed by atoms with E-state index in [0.29, 0.717) is 11.3 Å². The smallest absolute Gasteiger partial charge is 0.255 e. The summed E-state index contributed by atoms with van der Waals surface area (Å²) in [4.78, 5) is 16.1. The monoisotopic (exact) mass is 338 g/mol. The van der Waals surface area contributed by atoms with E-state index >= 15 is 0 Å². The van der Waals surface area contributed by atoms with Gasteiger partial charge < -0.3 is 5.32 Å². The van der Waals surface area contributed by atoms with Gasteiger partial charge in [-0.05, 0) is 43.2 Å². The van der Waals surface area contributed by atoms with Crippen molar-refractivity contribution < 1.29 is 4.79 Å². The Labute approximate surface area is 125 Å². The molecule has 5 heteroatoms. The van der Waals surface area contributed by atoms with Crippen LogP contribution in [0.2, 0.25) is 5.15 Å². The molecule has 0 saturated heterocycles. The number of nitrogens with zero attached hydrogens (tertiary/aromatic N) is 1. The zero-order chi connectivity index (χ0) is 14.0. The molecule has 3 nitrogen and oxygen atoms in total. The number of halogens is 2. The van der Waals surface area contributed by atoms with E-state index in [9.17, 15) is 4.79 Å². The Hall–Kier alpha value is -1.39. The van der Waals surface area contributed by atoms with E-state index in [-0.39, 0.29) is 11.1 Å². The van der Waals surface area contributed by atoms with Gasteiger partial charge in [-0.25, -0.2) is 4.98 Å². The van der Waals surface area contributed by atoms with E-state index in [0.717, 1.165) is 15.6 Å². The first-order chi connectivity index (χ1) is 8.97. The number of aromatic nitrogens is 1. The van der Waals surface area contributed by atoms with Crippen molar-refractivity contribution in [2.75, 3.05) is 5.32 Å². The van der Waals surface area contributed by atoms with Gasteiger partial charge in [-0.1, -0.05) is 33.6 Å². The van der Waals surface area contributed by atoms with Crippen molar-refractivity contribution in [3.63, 3.8) is 0 Å². The highest BCUT2D eigenvalue weighted by atomic mass is 79.9. The van der Waals surface area contributed by atoms with Crippen LogP contribution in [0.3, 0.4) is 0 Å². The standard InChI is InChI=1S/C14H12BrClN2O/c1-8-5-12(13(16)17-7-8)18-14(19)10-4-3-9(2)11(15)6-10/h3-7H,1-2H3,(H,18,19). The quantitative estimate of drug-likeness (QED) is 0.826. The summed E-state index contributed by atoms with van der Waals surface area (Å²) in [6, 6.07) is 7.22. The van der Waals surface area contributed by atoms with E-state index in [1.807, 2.05) is 19.9 Å². The van der Waals surface area contributed by atoms with Gasteiger partial charge in [-0.2, -0.15) is 0 Å². The molecular formula is C14H12BrClN2O. The first-order valence-electron chi connectivity index (χ1n) is 5.67. The Bertz CT molecular complexity index is 643. The van der Waals surface area contributed by atoms with Gasteiger partial charge in [0.25, 0.3) is 5.91 Å². The Morgan fingerprint density at radius 1 is 1.32 bits per heavy atom. The summed E-state index contributed by atoms with van der Waals surface area (Å²) < 4.78 is 0.897. The van der Waals surface area contributed by atoms with Crippen molar-refractivity contribution in [1.29, 1.82) is 0 Å². The maximum absolute atomic E-state index is 12.1. The predicted octanol–water partition coefficient (Wildman–Crippen LogP) is 4.37. The van der Waals surface area contributed by atoms with Crippen LogP contribution in [0, 0.1) is 13.8 Å². The van der Waals surface area contributed by atoms with E-state index in [1.54, 1.807) is 24.4 Å². The van der Waals surface area contributed by atoms with Crippen molar-refractivity contribution >= 4 is 39.1 Å². The van der Waals surface area contributed by atoms with E-state index in [2.05, 4.69) is 26.2 Å². The SMILES string of the molecule is Cc1cnc(Cl)c(NC(=O)c2ccc(C)c(Br)c2)c1. The lowest BCUT2D eigenvalue weighted by Crippen LogP contribution is -2.12. The minimum absolute atomic E-state index is 0.213. The van der Waals surface area contributed by atoms with E-state index < -0.39 is 0 Å². The zero-order valence-corrected chi connectivity index (χ0v) is 12.8. The molecule has 1 aromatic carbocycles. The second-order valence-electron chi connectivity index (χ2n) is 4.27. The number of nitrogens with one attached hydrogen (secondary N) is 1. The fourth-order valence-electron chi connectivity index (χ4n) is 1.57. The van der Waals surface area contributed by atoms with Crippen LogP contribution in [-0.2, 0) is 0 Å². The first-order valence-corrected chi connectivity index (χ1v) is 6.84. The molecule has 0 aliphatic heterocycles. The van der Waals surface area contributed by atoms with Crippen molar-refractivity contribution in [1.82, 2.24) is 4.98 Å². The van der Waals surface area contributed by atoms with E-state index in [1.165, 1.54) is 0 Å². The number of benzene rings is 1. The molecule has 1 aromatic heterocycles. The van der Waals surface area contributed by atoms with Crippen molar-refractivity contribution in [3.8, 4) is 0 Å². The topological polar surface area (TPSA) is 42.0 Å². The Morgan fingerprint density at radius 3 is 2.74 bits per heavy atom. The Kier molecular flexibility index (Phi) is 4.22. The number of carbonyl (C=O) groups excluding carboxylic acids is 1. The third kappa shape index (κ3) is 3.33. The Balaban J connectivity index is 2.25. The van der Waals surface area contributed by atoms with Gasteiger partial charge in [0.05, 0.1) is 5.69 Å². The number of hydrogen-bond donors (Lipinski definition) is 1. The minimum Gasteiger partial charge on any atom is -0.319 e. The third-order valence-corrected chi connectivity index (χ3v) is 3.81. The lowest BCUT2D eigenvalue weighted by atomic mass is 10.1. The minimum atomic E-state index is -0.213. The maximum atomic E-state index is 12.1. The molecule has 0 aliphatic carbocycles. The highest BCUT2D eigenvalue weighted by Gasteiger charge is 2.10. The molecule has 1 N–H and O–H groups in total. The number of rotatable bonds is 2. The summed E-state index contributed by atoms with van der Waals surface area (Å²) in [6.45, 7) is 3.86. The highest BCUT2D eigenvalue weighted by molar-refractivity contribution is 9.10. The van der Waals surface area contributed by atoms with Gasteiger partial charge in [-0.3, -0.25) is 4.79 Å². The highest BCUT2D eigenvalue weighted by Crippen LogP contribution is 2.22. The van der Waals surface area contributed by atoms with Gasteiger partial charge in [-0.15, -0.1) is 0 Å². The molecule has 98 valence electrons. The number of hydrogen-bond acceptors (Lipinski definition) is 2. The summed E-state index contributed by atoms with van der Waals surface area (Å²) in [6.07, 6.45) is 1.65. The molecule has 0 bridgehead atoms. The van der Waals surface area contributed by atoms with Crippen molar-refractivity contribution in [3.05, 3.63) is 56.8 Å². The number of amides is 1. The normalized spacial score (nSPS) is 10.3. The zero-order valence-electron chi connectivity index (χ0n) is 10.5. The molecule has 0 fully saturated rings. The van der Waals surface area contributed by atoms with Crippen LogP contribution in [0.1, 0.15) is 21.5 Å². The second-order valence-corrected chi connectivity index (χ2v) is 5.48. The number of carbonyl (C=O) groups is 1. The van der Waals surface area contributed by atoms with Crippen molar-refractivity contribution in [2.45, 2.75) is 13.8 Å². The molecule has 1 heterocycles. The van der Waals surface area contributed by atoms with Crippen LogP contribution in [0.25, 0.3) is 0 Å². The van der Waals surface area contributed by atoms with Crippen LogP contribution in [0.4, 0.5) is 5.69 Å². The molecule has 0 aliphatic rings. The largest absolute Gasteiger partial charge is 0.319 e. The molecule has 0 saturated carbocycles. The second kappa shape index (κ2) is 5.72. The van der Waals surface area contributed by atoms with Crippen LogP contribution in [-0.4, -0.2) is 10.9 Å². The van der Waals surface area contributed by atoms with Gasteiger partial charge >= 0.3 is 0 Å². The summed E-state index contributed by atoms with van der Waals surface area (Å²) in [5, 5.41) is 3.04. The number of pyridine rings is 1. The summed E-state index contributed by atoms with van der Waals surface area (Å²) >= 11 is 9.36. The maximum Gasteiger partial charge on any atom is 0.255 e.